The minimum atomic E-state index is -0.0624. The SMILES string of the molecule is CCN(CCNCC(=O)Nc1ccccc1Cl)C1CC1. The monoisotopic (exact) mass is 295 g/mol. The van der Waals surface area contributed by atoms with Gasteiger partial charge in [-0.15, -0.1) is 0 Å². The number of likely N-dealkylation sites (N-methyl/N-ethyl adjacent to an activating group) is 1. The normalized spacial score (nSPS) is 14.6. The van der Waals surface area contributed by atoms with Crippen molar-refractivity contribution in [3.63, 3.8) is 0 Å². The molecule has 0 spiro atoms. The van der Waals surface area contributed by atoms with E-state index in [9.17, 15) is 4.79 Å². The molecular weight excluding hydrogens is 274 g/mol. The Morgan fingerprint density at radius 3 is 2.80 bits per heavy atom. The Morgan fingerprint density at radius 2 is 2.15 bits per heavy atom. The van der Waals surface area contributed by atoms with E-state index in [0.29, 0.717) is 17.3 Å². The van der Waals surface area contributed by atoms with Gasteiger partial charge in [0.2, 0.25) is 5.91 Å². The van der Waals surface area contributed by atoms with Crippen LogP contribution in [0.3, 0.4) is 0 Å². The van der Waals surface area contributed by atoms with E-state index in [-0.39, 0.29) is 5.91 Å². The van der Waals surface area contributed by atoms with Gasteiger partial charge in [-0.3, -0.25) is 9.69 Å². The Bertz CT molecular complexity index is 448. The molecule has 4 nitrogen and oxygen atoms in total. The van der Waals surface area contributed by atoms with Gasteiger partial charge in [-0.1, -0.05) is 30.7 Å². The summed E-state index contributed by atoms with van der Waals surface area (Å²) in [5.41, 5.74) is 0.661. The number of para-hydroxylation sites is 1. The van der Waals surface area contributed by atoms with Crippen molar-refractivity contribution in [2.24, 2.45) is 0 Å². The maximum atomic E-state index is 11.8. The summed E-state index contributed by atoms with van der Waals surface area (Å²) >= 11 is 5.99. The molecule has 1 aliphatic carbocycles. The third-order valence-electron chi connectivity index (χ3n) is 3.48. The second-order valence-electron chi connectivity index (χ2n) is 5.06. The molecule has 0 heterocycles. The molecule has 1 fully saturated rings. The van der Waals surface area contributed by atoms with Crippen LogP contribution in [0, 0.1) is 0 Å². The third kappa shape index (κ3) is 4.78. The number of rotatable bonds is 8. The molecule has 0 aromatic heterocycles. The van der Waals surface area contributed by atoms with Crippen molar-refractivity contribution in [1.82, 2.24) is 10.2 Å². The van der Waals surface area contributed by atoms with Crippen LogP contribution in [0.1, 0.15) is 19.8 Å². The standard InChI is InChI=1S/C15H22ClN3O/c1-2-19(12-7-8-12)10-9-17-11-15(20)18-14-6-4-3-5-13(14)16/h3-6,12,17H,2,7-11H2,1H3,(H,18,20). The first-order valence-corrected chi connectivity index (χ1v) is 7.57. The van der Waals surface area contributed by atoms with E-state index in [1.165, 1.54) is 12.8 Å². The van der Waals surface area contributed by atoms with Crippen molar-refractivity contribution in [2.75, 3.05) is 31.5 Å². The predicted molar refractivity (Wildman–Crippen MR) is 83.2 cm³/mol. The highest BCUT2D eigenvalue weighted by Gasteiger charge is 2.26. The molecule has 1 amide bonds. The summed E-state index contributed by atoms with van der Waals surface area (Å²) in [5.74, 6) is -0.0624. The molecule has 1 aliphatic rings. The maximum absolute atomic E-state index is 11.8. The van der Waals surface area contributed by atoms with Gasteiger partial charge in [-0.25, -0.2) is 0 Å². The Morgan fingerprint density at radius 1 is 1.40 bits per heavy atom. The first-order valence-electron chi connectivity index (χ1n) is 7.20. The summed E-state index contributed by atoms with van der Waals surface area (Å²) in [5, 5.41) is 6.54. The summed E-state index contributed by atoms with van der Waals surface area (Å²) in [6.07, 6.45) is 2.64. The van der Waals surface area contributed by atoms with Gasteiger partial charge >= 0.3 is 0 Å². The summed E-state index contributed by atoms with van der Waals surface area (Å²) in [7, 11) is 0. The molecular formula is C15H22ClN3O. The number of amides is 1. The Labute approximate surface area is 125 Å². The number of halogens is 1. The van der Waals surface area contributed by atoms with Gasteiger partial charge in [0.25, 0.3) is 0 Å². The van der Waals surface area contributed by atoms with Gasteiger partial charge in [-0.2, -0.15) is 0 Å². The average molecular weight is 296 g/mol. The van der Waals surface area contributed by atoms with E-state index in [4.69, 9.17) is 11.6 Å². The lowest BCUT2D eigenvalue weighted by Gasteiger charge is -2.19. The Hall–Kier alpha value is -1.10. The number of nitrogens with zero attached hydrogens (tertiary/aromatic N) is 1. The summed E-state index contributed by atoms with van der Waals surface area (Å²) < 4.78 is 0. The van der Waals surface area contributed by atoms with Gasteiger partial charge in [0.15, 0.2) is 0 Å². The van der Waals surface area contributed by atoms with Crippen LogP contribution in [-0.4, -0.2) is 43.0 Å². The zero-order valence-corrected chi connectivity index (χ0v) is 12.6. The highest BCUT2D eigenvalue weighted by Crippen LogP contribution is 2.25. The molecule has 110 valence electrons. The molecule has 1 aromatic rings. The van der Waals surface area contributed by atoms with Crippen LogP contribution in [0.5, 0.6) is 0 Å². The molecule has 5 heteroatoms. The van der Waals surface area contributed by atoms with Gasteiger partial charge in [-0.05, 0) is 31.5 Å². The second-order valence-corrected chi connectivity index (χ2v) is 5.47. The minimum absolute atomic E-state index is 0.0624. The number of hydrogen-bond acceptors (Lipinski definition) is 3. The Balaban J connectivity index is 1.64. The molecule has 20 heavy (non-hydrogen) atoms. The van der Waals surface area contributed by atoms with E-state index >= 15 is 0 Å². The highest BCUT2D eigenvalue weighted by molar-refractivity contribution is 6.33. The highest BCUT2D eigenvalue weighted by atomic mass is 35.5. The lowest BCUT2D eigenvalue weighted by molar-refractivity contribution is -0.115. The number of anilines is 1. The van der Waals surface area contributed by atoms with Crippen LogP contribution in [0.25, 0.3) is 0 Å². The number of carbonyl (C=O) groups excluding carboxylic acids is 1. The summed E-state index contributed by atoms with van der Waals surface area (Å²) in [4.78, 5) is 14.2. The fraction of sp³-hybridized carbons (Fsp3) is 0.533. The van der Waals surface area contributed by atoms with Crippen molar-refractivity contribution in [2.45, 2.75) is 25.8 Å². The second kappa shape index (κ2) is 7.62. The summed E-state index contributed by atoms with van der Waals surface area (Å²) in [6.45, 7) is 5.41. The largest absolute Gasteiger partial charge is 0.324 e. The first kappa shape index (κ1) is 15.3. The van der Waals surface area contributed by atoms with Gasteiger partial charge in [0, 0.05) is 19.1 Å². The predicted octanol–water partition coefficient (Wildman–Crippen LogP) is 2.35. The summed E-state index contributed by atoms with van der Waals surface area (Å²) in [6, 6.07) is 8.03. The first-order chi connectivity index (χ1) is 9.70. The van der Waals surface area contributed by atoms with E-state index in [1.54, 1.807) is 12.1 Å². The van der Waals surface area contributed by atoms with E-state index in [1.807, 2.05) is 12.1 Å². The Kier molecular flexibility index (Phi) is 5.83. The molecule has 0 bridgehead atoms. The molecule has 0 unspecified atom stereocenters. The third-order valence-corrected chi connectivity index (χ3v) is 3.81. The number of nitrogens with one attached hydrogen (secondary N) is 2. The van der Waals surface area contributed by atoms with Crippen molar-refractivity contribution in [3.05, 3.63) is 29.3 Å². The van der Waals surface area contributed by atoms with Crippen molar-refractivity contribution < 1.29 is 4.79 Å². The van der Waals surface area contributed by atoms with Gasteiger partial charge in [0.05, 0.1) is 17.3 Å². The van der Waals surface area contributed by atoms with Crippen LogP contribution in [0.15, 0.2) is 24.3 Å². The number of hydrogen-bond donors (Lipinski definition) is 2. The average Bonchev–Trinajstić information content (AvgIpc) is 3.26. The minimum Gasteiger partial charge on any atom is -0.324 e. The fourth-order valence-corrected chi connectivity index (χ4v) is 2.40. The quantitative estimate of drug-likeness (QED) is 0.724. The zero-order chi connectivity index (χ0) is 14.4. The van der Waals surface area contributed by atoms with Crippen molar-refractivity contribution in [3.8, 4) is 0 Å². The molecule has 0 aliphatic heterocycles. The smallest absolute Gasteiger partial charge is 0.238 e. The van der Waals surface area contributed by atoms with E-state index in [0.717, 1.165) is 25.7 Å². The molecule has 2 N–H and O–H groups in total. The molecule has 0 radical (unpaired) electrons. The van der Waals surface area contributed by atoms with Crippen LogP contribution in [0.4, 0.5) is 5.69 Å². The van der Waals surface area contributed by atoms with Gasteiger partial charge in [0.1, 0.15) is 0 Å². The van der Waals surface area contributed by atoms with Crippen LogP contribution in [0.2, 0.25) is 5.02 Å². The topological polar surface area (TPSA) is 44.4 Å². The lowest BCUT2D eigenvalue weighted by atomic mass is 10.3. The van der Waals surface area contributed by atoms with E-state index < -0.39 is 0 Å². The molecule has 0 saturated heterocycles. The molecule has 2 rings (SSSR count). The fourth-order valence-electron chi connectivity index (χ4n) is 2.22. The number of benzene rings is 1. The number of carbonyl (C=O) groups is 1. The molecule has 1 aromatic carbocycles. The lowest BCUT2D eigenvalue weighted by Crippen LogP contribution is -2.36. The molecule has 1 saturated carbocycles. The van der Waals surface area contributed by atoms with Crippen LogP contribution in [-0.2, 0) is 4.79 Å². The van der Waals surface area contributed by atoms with E-state index in [2.05, 4.69) is 22.5 Å². The van der Waals surface area contributed by atoms with Crippen LogP contribution < -0.4 is 10.6 Å². The van der Waals surface area contributed by atoms with Gasteiger partial charge < -0.3 is 10.6 Å². The van der Waals surface area contributed by atoms with Crippen molar-refractivity contribution >= 4 is 23.2 Å². The van der Waals surface area contributed by atoms with Crippen molar-refractivity contribution in [1.29, 1.82) is 0 Å². The van der Waals surface area contributed by atoms with Crippen LogP contribution >= 0.6 is 11.6 Å². The zero-order valence-electron chi connectivity index (χ0n) is 11.9. The maximum Gasteiger partial charge on any atom is 0.238 e. The molecule has 0 atom stereocenters.